The van der Waals surface area contributed by atoms with Gasteiger partial charge in [0.2, 0.25) is 0 Å². The maximum absolute atomic E-state index is 6.01. The summed E-state index contributed by atoms with van der Waals surface area (Å²) in [5, 5.41) is 0. The van der Waals surface area contributed by atoms with Gasteiger partial charge >= 0.3 is 0 Å². The Bertz CT molecular complexity index is 3350. The Labute approximate surface area is 485 Å². The third kappa shape index (κ3) is 14.2. The molecule has 0 saturated carbocycles. The summed E-state index contributed by atoms with van der Waals surface area (Å²) in [6, 6.07) is 91.2. The lowest BCUT2D eigenvalue weighted by Gasteiger charge is -2.28. The summed E-state index contributed by atoms with van der Waals surface area (Å²) in [7, 11) is 0. The van der Waals surface area contributed by atoms with E-state index in [0.717, 1.165) is 78.6 Å². The number of aryl methyl sites for hydroxylation is 2. The average molecular weight is 1080 g/mol. The van der Waals surface area contributed by atoms with Gasteiger partial charge in [0.05, 0.1) is 13.2 Å². The van der Waals surface area contributed by atoms with Crippen molar-refractivity contribution in [3.8, 4) is 11.1 Å². The molecule has 82 heavy (non-hydrogen) atoms. The number of nitrogens with zero attached hydrogens (tertiary/aromatic N) is 2. The van der Waals surface area contributed by atoms with Crippen molar-refractivity contribution in [2.75, 3.05) is 23.0 Å². The second kappa shape index (κ2) is 27.5. The zero-order valence-corrected chi connectivity index (χ0v) is 47.9. The minimum Gasteiger partial charge on any atom is -0.353 e. The van der Waals surface area contributed by atoms with Crippen molar-refractivity contribution in [1.82, 2.24) is 0 Å². The quantitative estimate of drug-likeness (QED) is 0.0470. The zero-order valence-electron chi connectivity index (χ0n) is 47.9. The van der Waals surface area contributed by atoms with E-state index in [-0.39, 0.29) is 12.6 Å². The van der Waals surface area contributed by atoms with Crippen molar-refractivity contribution < 1.29 is 18.9 Å². The molecule has 0 aliphatic rings. The van der Waals surface area contributed by atoms with E-state index in [0.29, 0.717) is 26.4 Å². The second-order valence-corrected chi connectivity index (χ2v) is 20.4. The van der Waals surface area contributed by atoms with E-state index in [1.165, 1.54) is 33.4 Å². The Morgan fingerprint density at radius 2 is 0.646 bits per heavy atom. The molecule has 410 valence electrons. The van der Waals surface area contributed by atoms with Crippen LogP contribution in [0.15, 0.2) is 255 Å². The predicted octanol–water partition coefficient (Wildman–Crippen LogP) is 19.9. The third-order valence-electron chi connectivity index (χ3n) is 14.6. The Hall–Kier alpha value is -8.88. The molecule has 6 heteroatoms. The average Bonchev–Trinajstić information content (AvgIpc) is 3.68. The highest BCUT2D eigenvalue weighted by atomic mass is 16.7. The van der Waals surface area contributed by atoms with Gasteiger partial charge in [-0.2, -0.15) is 0 Å². The van der Waals surface area contributed by atoms with Crippen LogP contribution in [0.3, 0.4) is 0 Å². The monoisotopic (exact) mass is 1080 g/mol. The number of hydrogen-bond donors (Lipinski definition) is 0. The fourth-order valence-electron chi connectivity index (χ4n) is 10.4. The number of rotatable bonds is 23. The van der Waals surface area contributed by atoms with Gasteiger partial charge in [0, 0.05) is 47.3 Å². The Morgan fingerprint density at radius 3 is 0.927 bits per heavy atom. The summed E-state index contributed by atoms with van der Waals surface area (Å²) in [6.07, 6.45) is 4.00. The minimum absolute atomic E-state index is 0.280. The highest BCUT2D eigenvalue weighted by Gasteiger charge is 2.20. The van der Waals surface area contributed by atoms with E-state index in [1.807, 2.05) is 27.7 Å². The molecule has 10 aromatic rings. The normalized spacial score (nSPS) is 11.8. The lowest BCUT2D eigenvalue weighted by molar-refractivity contribution is -0.134. The second-order valence-electron chi connectivity index (χ2n) is 20.4. The summed E-state index contributed by atoms with van der Waals surface area (Å²) in [5.74, 6) is 0. The Morgan fingerprint density at radius 1 is 0.354 bits per heavy atom. The summed E-state index contributed by atoms with van der Waals surface area (Å²) in [6.45, 7) is 14.4. The Balaban J connectivity index is 0.978. The molecule has 6 nitrogen and oxygen atoms in total. The van der Waals surface area contributed by atoms with Crippen molar-refractivity contribution in [2.45, 2.75) is 67.3 Å². The van der Waals surface area contributed by atoms with Crippen LogP contribution in [0.4, 0.5) is 34.1 Å². The van der Waals surface area contributed by atoms with Crippen LogP contribution in [-0.2, 0) is 32.2 Å². The summed E-state index contributed by atoms with van der Waals surface area (Å²) in [4.78, 5) is 4.70. The smallest absolute Gasteiger partial charge is 0.155 e. The number of benzene rings is 10. The van der Waals surface area contributed by atoms with E-state index in [9.17, 15) is 0 Å². The van der Waals surface area contributed by atoms with E-state index in [1.54, 1.807) is 0 Å². The van der Waals surface area contributed by atoms with Gasteiger partial charge in [-0.25, -0.2) is 0 Å². The molecule has 0 amide bonds. The van der Waals surface area contributed by atoms with E-state index >= 15 is 0 Å². The minimum atomic E-state index is -0.280. The van der Waals surface area contributed by atoms with Crippen LogP contribution in [-0.4, -0.2) is 25.8 Å². The fraction of sp³-hybridized carbons (Fsp3) is 0.158. The van der Waals surface area contributed by atoms with Crippen LogP contribution < -0.4 is 9.80 Å². The van der Waals surface area contributed by atoms with Crippen LogP contribution >= 0.6 is 0 Å². The van der Waals surface area contributed by atoms with Crippen LogP contribution in [0.2, 0.25) is 0 Å². The van der Waals surface area contributed by atoms with Crippen molar-refractivity contribution in [3.05, 3.63) is 310 Å². The highest BCUT2D eigenvalue weighted by molar-refractivity contribution is 5.93. The molecule has 2 atom stereocenters. The molecule has 0 spiro atoms. The highest BCUT2D eigenvalue weighted by Crippen LogP contribution is 2.42. The lowest BCUT2D eigenvalue weighted by Crippen LogP contribution is -2.13. The maximum Gasteiger partial charge on any atom is 0.155 e. The van der Waals surface area contributed by atoms with Crippen LogP contribution in [0, 0.1) is 13.8 Å². The first-order valence-corrected chi connectivity index (χ1v) is 28.5. The van der Waals surface area contributed by atoms with Gasteiger partial charge in [-0.1, -0.05) is 182 Å². The molecule has 0 radical (unpaired) electrons. The molecule has 0 aliphatic carbocycles. The van der Waals surface area contributed by atoms with Crippen LogP contribution in [0.5, 0.6) is 0 Å². The van der Waals surface area contributed by atoms with E-state index in [2.05, 4.69) is 291 Å². The molecule has 0 aromatic heterocycles. The molecule has 10 rings (SSSR count). The van der Waals surface area contributed by atoms with Crippen LogP contribution in [0.25, 0.3) is 34.4 Å². The molecule has 0 heterocycles. The van der Waals surface area contributed by atoms with E-state index < -0.39 is 0 Å². The van der Waals surface area contributed by atoms with Crippen LogP contribution in [0.1, 0.15) is 83.3 Å². The number of ether oxygens (including phenoxy) is 4. The third-order valence-corrected chi connectivity index (χ3v) is 14.6. The molecular weight excluding hydrogens is 1000 g/mol. The molecule has 2 unspecified atom stereocenters. The van der Waals surface area contributed by atoms with Gasteiger partial charge in [0.1, 0.15) is 0 Å². The molecular formula is C76H72N2O4. The summed E-state index contributed by atoms with van der Waals surface area (Å²) < 4.78 is 23.3. The molecule has 0 fully saturated rings. The van der Waals surface area contributed by atoms with Crippen molar-refractivity contribution in [1.29, 1.82) is 0 Å². The van der Waals surface area contributed by atoms with Crippen molar-refractivity contribution >= 4 is 57.4 Å². The standard InChI is InChI=1S/C76H72N2O4/c1-7-79-57(5)81-53-61-33-43-71(44-34-61)77(69-39-29-59(30-40-69)51-73(63-21-13-9-14-22-63)64-23-15-10-16-24-64)75-47-37-67(49-55(75)3)68-38-48-76(56(4)50-68)78(72-45-35-62(36-46-72)54-82-58(6)80-8-2)70-41-31-60(32-42-70)52-74(65-25-17-11-18-26-65)66-27-19-12-20-28-66/h9-52,57-58H,7-8,53-54H2,1-6H3. The molecule has 0 saturated heterocycles. The molecule has 10 aromatic carbocycles. The van der Waals surface area contributed by atoms with Gasteiger partial charge < -0.3 is 28.7 Å². The largest absolute Gasteiger partial charge is 0.353 e. The maximum atomic E-state index is 6.01. The van der Waals surface area contributed by atoms with Gasteiger partial charge in [-0.05, 0) is 204 Å². The van der Waals surface area contributed by atoms with Crippen molar-refractivity contribution in [3.63, 3.8) is 0 Å². The fourth-order valence-corrected chi connectivity index (χ4v) is 10.4. The molecule has 0 bridgehead atoms. The van der Waals surface area contributed by atoms with Gasteiger partial charge in [-0.3, -0.25) is 0 Å². The lowest BCUT2D eigenvalue weighted by atomic mass is 9.95. The van der Waals surface area contributed by atoms with Gasteiger partial charge in [0.15, 0.2) is 12.6 Å². The first-order valence-electron chi connectivity index (χ1n) is 28.5. The first kappa shape index (κ1) is 56.4. The Kier molecular flexibility index (Phi) is 18.9. The SMILES string of the molecule is CCOC(C)OCc1ccc(N(c2ccc(C=C(c3ccccc3)c3ccccc3)cc2)c2ccc(-c3ccc(N(c4ccc(C=C(c5ccccc5)c5ccccc5)cc4)c4ccc(COC(C)OCC)cc4)c(C)c3)cc2C)cc1. The summed E-state index contributed by atoms with van der Waals surface area (Å²) >= 11 is 0. The predicted molar refractivity (Wildman–Crippen MR) is 342 cm³/mol. The number of hydrogen-bond acceptors (Lipinski definition) is 6. The van der Waals surface area contributed by atoms with E-state index in [4.69, 9.17) is 18.9 Å². The van der Waals surface area contributed by atoms with Crippen molar-refractivity contribution in [2.24, 2.45) is 0 Å². The molecule has 0 aliphatic heterocycles. The summed E-state index contributed by atoms with van der Waals surface area (Å²) in [5.41, 5.74) is 22.4. The number of anilines is 6. The topological polar surface area (TPSA) is 43.4 Å². The van der Waals surface area contributed by atoms with Gasteiger partial charge in [0.25, 0.3) is 0 Å². The molecule has 0 N–H and O–H groups in total. The first-order chi connectivity index (χ1) is 40.2. The zero-order chi connectivity index (χ0) is 56.6. The van der Waals surface area contributed by atoms with Gasteiger partial charge in [-0.15, -0.1) is 0 Å².